The van der Waals surface area contributed by atoms with Crippen LogP contribution in [0.15, 0.2) is 24.3 Å². The van der Waals surface area contributed by atoms with E-state index in [1.54, 1.807) is 0 Å². The lowest BCUT2D eigenvalue weighted by Crippen LogP contribution is -2.34. The fourth-order valence-electron chi connectivity index (χ4n) is 2.92. The summed E-state index contributed by atoms with van der Waals surface area (Å²) in [6.07, 6.45) is 3.72. The van der Waals surface area contributed by atoms with Crippen LogP contribution in [0, 0.1) is 0 Å². The zero-order valence-electron chi connectivity index (χ0n) is 14.9. The summed E-state index contributed by atoms with van der Waals surface area (Å²) in [5.41, 5.74) is 2.07. The molecule has 1 aliphatic rings. The lowest BCUT2D eigenvalue weighted by Gasteiger charge is -2.26. The molecular formula is C19H28N2O3. The lowest BCUT2D eigenvalue weighted by molar-refractivity contribution is -0.122. The van der Waals surface area contributed by atoms with E-state index in [0.717, 1.165) is 19.3 Å². The van der Waals surface area contributed by atoms with E-state index < -0.39 is 11.7 Å². The third kappa shape index (κ3) is 5.87. The van der Waals surface area contributed by atoms with Crippen molar-refractivity contribution in [3.05, 3.63) is 35.4 Å². The maximum atomic E-state index is 12.1. The number of fused-ring (bicyclic) bond motifs is 1. The fourth-order valence-corrected chi connectivity index (χ4v) is 2.92. The van der Waals surface area contributed by atoms with E-state index in [0.29, 0.717) is 19.4 Å². The van der Waals surface area contributed by atoms with Crippen LogP contribution in [0.5, 0.6) is 0 Å². The monoisotopic (exact) mass is 332 g/mol. The van der Waals surface area contributed by atoms with Crippen LogP contribution in [0.2, 0.25) is 0 Å². The zero-order valence-corrected chi connectivity index (χ0v) is 14.9. The van der Waals surface area contributed by atoms with Crippen molar-refractivity contribution in [3.63, 3.8) is 0 Å². The Morgan fingerprint density at radius 2 is 2.00 bits per heavy atom. The van der Waals surface area contributed by atoms with Crippen molar-refractivity contribution in [2.75, 3.05) is 6.54 Å². The van der Waals surface area contributed by atoms with E-state index in [9.17, 15) is 9.59 Å². The van der Waals surface area contributed by atoms with Gasteiger partial charge in [0.1, 0.15) is 5.60 Å². The molecule has 0 saturated heterocycles. The number of aryl methyl sites for hydroxylation is 1. The normalized spacial score (nSPS) is 16.9. The molecule has 1 atom stereocenters. The van der Waals surface area contributed by atoms with Crippen LogP contribution >= 0.6 is 0 Å². The van der Waals surface area contributed by atoms with Crippen molar-refractivity contribution in [2.24, 2.45) is 0 Å². The lowest BCUT2D eigenvalue weighted by atomic mass is 9.87. The molecule has 2 amide bonds. The topological polar surface area (TPSA) is 67.4 Å². The molecule has 0 saturated carbocycles. The fraction of sp³-hybridized carbons (Fsp3) is 0.579. The first-order chi connectivity index (χ1) is 11.3. The number of amides is 2. The molecule has 5 heteroatoms. The molecule has 0 aromatic heterocycles. The van der Waals surface area contributed by atoms with Gasteiger partial charge in [-0.2, -0.15) is 0 Å². The summed E-state index contributed by atoms with van der Waals surface area (Å²) < 4.78 is 5.15. The number of carbonyl (C=O) groups is 2. The Morgan fingerprint density at radius 1 is 1.25 bits per heavy atom. The van der Waals surface area contributed by atoms with Crippen LogP contribution in [0.1, 0.15) is 63.6 Å². The molecule has 0 fully saturated rings. The molecule has 1 aromatic carbocycles. The predicted octanol–water partition coefficient (Wildman–Crippen LogP) is 3.49. The highest BCUT2D eigenvalue weighted by atomic mass is 16.6. The van der Waals surface area contributed by atoms with Crippen LogP contribution < -0.4 is 10.6 Å². The van der Waals surface area contributed by atoms with Gasteiger partial charge in [-0.3, -0.25) is 4.79 Å². The largest absolute Gasteiger partial charge is 0.444 e. The number of alkyl carbamates (subject to hydrolysis) is 1. The average molecular weight is 332 g/mol. The molecule has 132 valence electrons. The van der Waals surface area contributed by atoms with Gasteiger partial charge in [0.15, 0.2) is 0 Å². The molecule has 0 unspecified atom stereocenters. The molecule has 24 heavy (non-hydrogen) atoms. The Kier molecular flexibility index (Phi) is 6.23. The molecular weight excluding hydrogens is 304 g/mol. The first kappa shape index (κ1) is 18.3. The molecule has 0 bridgehead atoms. The van der Waals surface area contributed by atoms with Crippen molar-refractivity contribution in [1.82, 2.24) is 10.6 Å². The number of carbonyl (C=O) groups excluding carboxylic acids is 2. The van der Waals surface area contributed by atoms with E-state index >= 15 is 0 Å². The van der Waals surface area contributed by atoms with Crippen molar-refractivity contribution in [3.8, 4) is 0 Å². The average Bonchev–Trinajstić information content (AvgIpc) is 2.50. The second-order valence-corrected chi connectivity index (χ2v) is 7.24. The van der Waals surface area contributed by atoms with Crippen molar-refractivity contribution < 1.29 is 14.3 Å². The van der Waals surface area contributed by atoms with Gasteiger partial charge in [0, 0.05) is 13.0 Å². The van der Waals surface area contributed by atoms with E-state index in [2.05, 4.69) is 22.8 Å². The third-order valence-corrected chi connectivity index (χ3v) is 3.95. The molecule has 2 rings (SSSR count). The molecule has 1 aromatic rings. The SMILES string of the molecule is CC(C)(C)OC(=O)NCCCC(=O)N[C@H]1CCCc2ccccc21. The quantitative estimate of drug-likeness (QED) is 0.811. The highest BCUT2D eigenvalue weighted by Gasteiger charge is 2.21. The first-order valence-corrected chi connectivity index (χ1v) is 8.69. The summed E-state index contributed by atoms with van der Waals surface area (Å²) in [5.74, 6) is 0.0303. The van der Waals surface area contributed by atoms with Gasteiger partial charge < -0.3 is 15.4 Å². The van der Waals surface area contributed by atoms with Crippen LogP contribution in [0.25, 0.3) is 0 Å². The minimum atomic E-state index is -0.504. The molecule has 5 nitrogen and oxygen atoms in total. The maximum Gasteiger partial charge on any atom is 0.407 e. The van der Waals surface area contributed by atoms with Crippen LogP contribution in [0.3, 0.4) is 0 Å². The second kappa shape index (κ2) is 8.18. The molecule has 0 radical (unpaired) electrons. The molecule has 1 aliphatic carbocycles. The summed E-state index contributed by atoms with van der Waals surface area (Å²) in [4.78, 5) is 23.7. The summed E-state index contributed by atoms with van der Waals surface area (Å²) in [7, 11) is 0. The summed E-state index contributed by atoms with van der Waals surface area (Å²) in [5, 5.41) is 5.79. The van der Waals surface area contributed by atoms with Crippen LogP contribution in [-0.2, 0) is 16.0 Å². The Hall–Kier alpha value is -2.04. The number of nitrogens with one attached hydrogen (secondary N) is 2. The van der Waals surface area contributed by atoms with Gasteiger partial charge in [-0.15, -0.1) is 0 Å². The van der Waals surface area contributed by atoms with E-state index in [4.69, 9.17) is 4.74 Å². The summed E-state index contributed by atoms with van der Waals surface area (Å²) in [6.45, 7) is 5.90. The molecule has 0 spiro atoms. The summed E-state index contributed by atoms with van der Waals surface area (Å²) >= 11 is 0. The number of hydrogen-bond donors (Lipinski definition) is 2. The van der Waals surface area contributed by atoms with Crippen molar-refractivity contribution in [1.29, 1.82) is 0 Å². The highest BCUT2D eigenvalue weighted by Crippen LogP contribution is 2.29. The second-order valence-electron chi connectivity index (χ2n) is 7.24. The van der Waals surface area contributed by atoms with E-state index in [1.165, 1.54) is 11.1 Å². The Bertz CT molecular complexity index is 578. The van der Waals surface area contributed by atoms with Crippen LogP contribution in [-0.4, -0.2) is 24.1 Å². The zero-order chi connectivity index (χ0) is 17.6. The van der Waals surface area contributed by atoms with Crippen molar-refractivity contribution in [2.45, 2.75) is 64.5 Å². The maximum absolute atomic E-state index is 12.1. The van der Waals surface area contributed by atoms with Gasteiger partial charge in [-0.05, 0) is 57.6 Å². The number of benzene rings is 1. The minimum absolute atomic E-state index is 0.0303. The third-order valence-electron chi connectivity index (χ3n) is 3.95. The standard InChI is InChI=1S/C19H28N2O3/c1-19(2,3)24-18(23)20-13-7-12-17(22)21-16-11-6-9-14-8-4-5-10-15(14)16/h4-5,8,10,16H,6-7,9,11-13H2,1-3H3,(H,20,23)(H,21,22)/t16-/m0/s1. The number of ether oxygens (including phenoxy) is 1. The Labute approximate surface area is 144 Å². The molecule has 2 N–H and O–H groups in total. The van der Waals surface area contributed by atoms with Gasteiger partial charge >= 0.3 is 6.09 Å². The smallest absolute Gasteiger partial charge is 0.407 e. The first-order valence-electron chi connectivity index (χ1n) is 8.69. The molecule has 0 heterocycles. The van der Waals surface area contributed by atoms with E-state index in [1.807, 2.05) is 32.9 Å². The Balaban J connectivity index is 1.70. The van der Waals surface area contributed by atoms with Gasteiger partial charge in [0.05, 0.1) is 6.04 Å². The van der Waals surface area contributed by atoms with Gasteiger partial charge in [-0.25, -0.2) is 4.79 Å². The summed E-state index contributed by atoms with van der Waals surface area (Å²) in [6, 6.07) is 8.42. The minimum Gasteiger partial charge on any atom is -0.444 e. The predicted molar refractivity (Wildman–Crippen MR) is 93.7 cm³/mol. The molecule has 0 aliphatic heterocycles. The highest BCUT2D eigenvalue weighted by molar-refractivity contribution is 5.76. The van der Waals surface area contributed by atoms with Gasteiger partial charge in [0.2, 0.25) is 5.91 Å². The number of hydrogen-bond acceptors (Lipinski definition) is 3. The van der Waals surface area contributed by atoms with Gasteiger partial charge in [0.25, 0.3) is 0 Å². The van der Waals surface area contributed by atoms with Crippen LogP contribution in [0.4, 0.5) is 4.79 Å². The van der Waals surface area contributed by atoms with Gasteiger partial charge in [-0.1, -0.05) is 24.3 Å². The van der Waals surface area contributed by atoms with Crippen molar-refractivity contribution >= 4 is 12.0 Å². The number of rotatable bonds is 5. The Morgan fingerprint density at radius 3 is 2.75 bits per heavy atom. The van der Waals surface area contributed by atoms with E-state index in [-0.39, 0.29) is 11.9 Å².